The van der Waals surface area contributed by atoms with E-state index in [9.17, 15) is 4.39 Å². The Balaban J connectivity index is 0.000000177. The second kappa shape index (κ2) is 10.7. The molecule has 0 unspecified atom stereocenters. The average molecular weight is 337 g/mol. The lowest BCUT2D eigenvalue weighted by Crippen LogP contribution is -2.38. The van der Waals surface area contributed by atoms with Crippen molar-refractivity contribution in [3.8, 4) is 0 Å². The Hall–Kier alpha value is -1.08. The molecule has 0 aliphatic carbocycles. The molecule has 0 bridgehead atoms. The third-order valence-electron chi connectivity index (χ3n) is 5.05. The first-order chi connectivity index (χ1) is 11.7. The third kappa shape index (κ3) is 6.09. The SMILES string of the molecule is Fc1ncccc1C1CCNCC1.NCCN1CCC(CN)CC1. The second-order valence-electron chi connectivity index (χ2n) is 6.72. The first kappa shape index (κ1) is 19.2. The van der Waals surface area contributed by atoms with E-state index < -0.39 is 0 Å². The minimum atomic E-state index is -0.297. The molecule has 2 aliphatic rings. The number of likely N-dealkylation sites (tertiary alicyclic amines) is 1. The van der Waals surface area contributed by atoms with Crippen LogP contribution in [0.1, 0.15) is 37.2 Å². The Kier molecular flexibility index (Phi) is 8.59. The number of nitrogens with one attached hydrogen (secondary N) is 1. The molecule has 5 N–H and O–H groups in total. The number of piperidine rings is 2. The van der Waals surface area contributed by atoms with Crippen LogP contribution in [0, 0.1) is 11.9 Å². The van der Waals surface area contributed by atoms with E-state index in [0.717, 1.165) is 57.0 Å². The summed E-state index contributed by atoms with van der Waals surface area (Å²) in [6.45, 7) is 7.05. The molecule has 0 saturated carbocycles. The van der Waals surface area contributed by atoms with Gasteiger partial charge in [-0.25, -0.2) is 4.98 Å². The van der Waals surface area contributed by atoms with Crippen molar-refractivity contribution in [2.24, 2.45) is 17.4 Å². The predicted molar refractivity (Wildman–Crippen MR) is 96.3 cm³/mol. The van der Waals surface area contributed by atoms with Gasteiger partial charge in [0.05, 0.1) is 0 Å². The molecular formula is C18H32FN5. The van der Waals surface area contributed by atoms with Crippen molar-refractivity contribution in [1.82, 2.24) is 15.2 Å². The van der Waals surface area contributed by atoms with Crippen molar-refractivity contribution in [3.05, 3.63) is 29.8 Å². The number of halogens is 1. The van der Waals surface area contributed by atoms with Gasteiger partial charge >= 0.3 is 0 Å². The van der Waals surface area contributed by atoms with Gasteiger partial charge in [0, 0.05) is 24.8 Å². The van der Waals surface area contributed by atoms with Crippen LogP contribution in [0.15, 0.2) is 18.3 Å². The van der Waals surface area contributed by atoms with Crippen LogP contribution in [0.5, 0.6) is 0 Å². The highest BCUT2D eigenvalue weighted by Gasteiger charge is 2.18. The molecule has 136 valence electrons. The highest BCUT2D eigenvalue weighted by atomic mass is 19.1. The summed E-state index contributed by atoms with van der Waals surface area (Å²) in [5.74, 6) is 0.827. The lowest BCUT2D eigenvalue weighted by atomic mass is 9.91. The van der Waals surface area contributed by atoms with Crippen molar-refractivity contribution in [2.75, 3.05) is 45.8 Å². The number of pyridine rings is 1. The fourth-order valence-corrected chi connectivity index (χ4v) is 3.46. The van der Waals surface area contributed by atoms with Gasteiger partial charge in [-0.2, -0.15) is 4.39 Å². The van der Waals surface area contributed by atoms with E-state index in [1.54, 1.807) is 6.07 Å². The van der Waals surface area contributed by atoms with Crippen molar-refractivity contribution >= 4 is 0 Å². The third-order valence-corrected chi connectivity index (χ3v) is 5.05. The average Bonchev–Trinajstić information content (AvgIpc) is 2.64. The smallest absolute Gasteiger partial charge is 0.216 e. The van der Waals surface area contributed by atoms with Crippen LogP contribution in [-0.4, -0.2) is 55.7 Å². The van der Waals surface area contributed by atoms with Crippen molar-refractivity contribution in [2.45, 2.75) is 31.6 Å². The zero-order valence-corrected chi connectivity index (χ0v) is 14.6. The molecule has 1 aromatic heterocycles. The largest absolute Gasteiger partial charge is 0.330 e. The topological polar surface area (TPSA) is 80.2 Å². The first-order valence-corrected chi connectivity index (χ1v) is 9.18. The second-order valence-corrected chi connectivity index (χ2v) is 6.72. The Labute approximate surface area is 145 Å². The van der Waals surface area contributed by atoms with Crippen LogP contribution in [0.25, 0.3) is 0 Å². The monoisotopic (exact) mass is 337 g/mol. The highest BCUT2D eigenvalue weighted by Crippen LogP contribution is 2.25. The zero-order valence-electron chi connectivity index (χ0n) is 14.6. The van der Waals surface area contributed by atoms with Gasteiger partial charge in [-0.1, -0.05) is 6.07 Å². The van der Waals surface area contributed by atoms with Gasteiger partial charge in [-0.15, -0.1) is 0 Å². The van der Waals surface area contributed by atoms with Gasteiger partial charge in [0.15, 0.2) is 0 Å². The lowest BCUT2D eigenvalue weighted by Gasteiger charge is -2.30. The van der Waals surface area contributed by atoms with Crippen LogP contribution in [-0.2, 0) is 0 Å². The van der Waals surface area contributed by atoms with Crippen molar-refractivity contribution < 1.29 is 4.39 Å². The number of hydrogen-bond acceptors (Lipinski definition) is 5. The van der Waals surface area contributed by atoms with Crippen molar-refractivity contribution in [3.63, 3.8) is 0 Å². The molecule has 1 aromatic rings. The molecule has 0 amide bonds. The Morgan fingerprint density at radius 1 is 1.17 bits per heavy atom. The molecule has 24 heavy (non-hydrogen) atoms. The number of aromatic nitrogens is 1. The number of nitrogens with two attached hydrogens (primary N) is 2. The van der Waals surface area contributed by atoms with Crippen LogP contribution in [0.4, 0.5) is 4.39 Å². The molecule has 3 heterocycles. The van der Waals surface area contributed by atoms with E-state index >= 15 is 0 Å². The number of rotatable bonds is 4. The zero-order chi connectivity index (χ0) is 17.2. The van der Waals surface area contributed by atoms with E-state index in [1.165, 1.54) is 32.1 Å². The minimum absolute atomic E-state index is 0.297. The normalized spacial score (nSPS) is 20.5. The molecule has 0 atom stereocenters. The Bertz CT molecular complexity index is 456. The van der Waals surface area contributed by atoms with E-state index in [-0.39, 0.29) is 5.95 Å². The van der Waals surface area contributed by atoms with Crippen LogP contribution < -0.4 is 16.8 Å². The minimum Gasteiger partial charge on any atom is -0.330 e. The van der Waals surface area contributed by atoms with Gasteiger partial charge in [-0.05, 0) is 76.3 Å². The quantitative estimate of drug-likeness (QED) is 0.722. The summed E-state index contributed by atoms with van der Waals surface area (Å²) < 4.78 is 13.2. The standard InChI is InChI=1S/C10H13FN2.C8H19N3/c11-10-9(2-1-5-13-10)8-3-6-12-7-4-8;9-3-6-11-4-1-8(7-10)2-5-11/h1-2,5,8,12H,3-4,6-7H2;8H,1-7,9-10H2. The van der Waals surface area contributed by atoms with Gasteiger partial charge in [0.25, 0.3) is 0 Å². The van der Waals surface area contributed by atoms with E-state index in [4.69, 9.17) is 11.5 Å². The number of hydrogen-bond donors (Lipinski definition) is 3. The van der Waals surface area contributed by atoms with Gasteiger partial charge in [-0.3, -0.25) is 0 Å². The first-order valence-electron chi connectivity index (χ1n) is 9.18. The summed E-state index contributed by atoms with van der Waals surface area (Å²) >= 11 is 0. The van der Waals surface area contributed by atoms with Gasteiger partial charge in [0.1, 0.15) is 0 Å². The van der Waals surface area contributed by atoms with Crippen LogP contribution in [0.3, 0.4) is 0 Å². The molecule has 0 radical (unpaired) electrons. The van der Waals surface area contributed by atoms with Crippen molar-refractivity contribution in [1.29, 1.82) is 0 Å². The maximum absolute atomic E-state index is 13.2. The summed E-state index contributed by atoms with van der Waals surface area (Å²) in [4.78, 5) is 6.09. The molecule has 2 saturated heterocycles. The van der Waals surface area contributed by atoms with E-state index in [0.29, 0.717) is 5.92 Å². The summed E-state index contributed by atoms with van der Waals surface area (Å²) in [7, 11) is 0. The maximum atomic E-state index is 13.2. The molecule has 5 nitrogen and oxygen atoms in total. The lowest BCUT2D eigenvalue weighted by molar-refractivity contribution is 0.192. The molecule has 0 aromatic carbocycles. The summed E-state index contributed by atoms with van der Waals surface area (Å²) in [5.41, 5.74) is 11.8. The van der Waals surface area contributed by atoms with E-state index in [2.05, 4.69) is 15.2 Å². The molecule has 2 fully saturated rings. The molecule has 6 heteroatoms. The maximum Gasteiger partial charge on any atom is 0.216 e. The summed E-state index contributed by atoms with van der Waals surface area (Å²) in [5, 5.41) is 3.26. The fraction of sp³-hybridized carbons (Fsp3) is 0.722. The molecule has 2 aliphatic heterocycles. The molecule has 0 spiro atoms. The summed E-state index contributed by atoms with van der Waals surface area (Å²) in [6, 6.07) is 3.65. The molecular weight excluding hydrogens is 305 g/mol. The van der Waals surface area contributed by atoms with Gasteiger partial charge in [0.2, 0.25) is 5.95 Å². The van der Waals surface area contributed by atoms with Gasteiger partial charge < -0.3 is 21.7 Å². The fourth-order valence-electron chi connectivity index (χ4n) is 3.46. The predicted octanol–water partition coefficient (Wildman–Crippen LogP) is 1.30. The number of nitrogens with zero attached hydrogens (tertiary/aromatic N) is 2. The summed E-state index contributed by atoms with van der Waals surface area (Å²) in [6.07, 6.45) is 6.05. The molecule has 3 rings (SSSR count). The van der Waals surface area contributed by atoms with Crippen LogP contribution >= 0.6 is 0 Å². The van der Waals surface area contributed by atoms with E-state index in [1.807, 2.05) is 6.07 Å². The Morgan fingerprint density at radius 3 is 2.46 bits per heavy atom. The highest BCUT2D eigenvalue weighted by molar-refractivity contribution is 5.17. The Morgan fingerprint density at radius 2 is 1.88 bits per heavy atom. The van der Waals surface area contributed by atoms with Crippen LogP contribution in [0.2, 0.25) is 0 Å².